The smallest absolute Gasteiger partial charge is 0.319 e. The molecular formula is C12H17NO3. The van der Waals surface area contributed by atoms with Gasteiger partial charge >= 0.3 is 5.97 Å². The van der Waals surface area contributed by atoms with E-state index in [0.717, 1.165) is 12.1 Å². The minimum atomic E-state index is -0.248. The fraction of sp³-hybridized carbons (Fsp3) is 0.417. The van der Waals surface area contributed by atoms with Crippen molar-refractivity contribution in [2.24, 2.45) is 0 Å². The van der Waals surface area contributed by atoms with E-state index in [2.05, 4.69) is 4.74 Å². The molecule has 0 atom stereocenters. The van der Waals surface area contributed by atoms with Crippen molar-refractivity contribution < 1.29 is 14.6 Å². The van der Waals surface area contributed by atoms with Crippen molar-refractivity contribution in [3.8, 4) is 5.75 Å². The molecule has 88 valence electrons. The van der Waals surface area contributed by atoms with Gasteiger partial charge in [-0.2, -0.15) is 0 Å². The van der Waals surface area contributed by atoms with Gasteiger partial charge in [-0.25, -0.2) is 0 Å². The van der Waals surface area contributed by atoms with Gasteiger partial charge in [0.15, 0.2) is 0 Å². The highest BCUT2D eigenvalue weighted by molar-refractivity contribution is 5.71. The summed E-state index contributed by atoms with van der Waals surface area (Å²) < 4.78 is 4.61. The Kier molecular flexibility index (Phi) is 4.79. The molecule has 0 unspecified atom stereocenters. The fourth-order valence-corrected chi connectivity index (χ4v) is 1.44. The van der Waals surface area contributed by atoms with Crippen LogP contribution in [-0.2, 0) is 16.1 Å². The first-order chi connectivity index (χ1) is 7.65. The molecule has 16 heavy (non-hydrogen) atoms. The van der Waals surface area contributed by atoms with E-state index in [4.69, 9.17) is 0 Å². The van der Waals surface area contributed by atoms with Crippen LogP contribution in [0.2, 0.25) is 0 Å². The summed E-state index contributed by atoms with van der Waals surface area (Å²) in [5, 5.41) is 9.32. The van der Waals surface area contributed by atoms with Crippen molar-refractivity contribution in [3.63, 3.8) is 0 Å². The molecule has 0 saturated carbocycles. The van der Waals surface area contributed by atoms with Crippen molar-refractivity contribution in [3.05, 3.63) is 29.8 Å². The molecule has 0 fully saturated rings. The summed E-state index contributed by atoms with van der Waals surface area (Å²) in [6.45, 7) is 3.62. The zero-order valence-electron chi connectivity index (χ0n) is 9.64. The van der Waals surface area contributed by atoms with Gasteiger partial charge in [-0.1, -0.05) is 19.1 Å². The van der Waals surface area contributed by atoms with Crippen LogP contribution in [0.15, 0.2) is 24.3 Å². The number of phenols is 1. The molecule has 4 heteroatoms. The van der Waals surface area contributed by atoms with Gasteiger partial charge in [-0.05, 0) is 24.2 Å². The number of nitrogens with zero attached hydrogens (tertiary/aromatic N) is 1. The van der Waals surface area contributed by atoms with Crippen LogP contribution in [0.5, 0.6) is 5.75 Å². The lowest BCUT2D eigenvalue weighted by Gasteiger charge is -2.18. The van der Waals surface area contributed by atoms with E-state index >= 15 is 0 Å². The summed E-state index contributed by atoms with van der Waals surface area (Å²) >= 11 is 0. The molecule has 0 spiro atoms. The fourth-order valence-electron chi connectivity index (χ4n) is 1.44. The predicted octanol–water partition coefficient (Wildman–Crippen LogP) is 1.39. The van der Waals surface area contributed by atoms with Crippen LogP contribution in [0.25, 0.3) is 0 Å². The molecule has 0 aliphatic carbocycles. The molecule has 1 N–H and O–H groups in total. The third-order valence-electron chi connectivity index (χ3n) is 2.34. The Morgan fingerprint density at radius 1 is 1.50 bits per heavy atom. The van der Waals surface area contributed by atoms with Crippen LogP contribution in [-0.4, -0.2) is 36.2 Å². The third kappa shape index (κ3) is 3.90. The second-order valence-corrected chi connectivity index (χ2v) is 3.55. The van der Waals surface area contributed by atoms with Gasteiger partial charge in [0.1, 0.15) is 5.75 Å². The molecule has 1 aromatic rings. The minimum absolute atomic E-state index is 0.242. The highest BCUT2D eigenvalue weighted by Gasteiger charge is 2.09. The normalized spacial score (nSPS) is 10.4. The highest BCUT2D eigenvalue weighted by atomic mass is 16.5. The van der Waals surface area contributed by atoms with Gasteiger partial charge in [-0.15, -0.1) is 0 Å². The number of hydrogen-bond acceptors (Lipinski definition) is 4. The Bertz CT molecular complexity index is 352. The second-order valence-electron chi connectivity index (χ2n) is 3.55. The third-order valence-corrected chi connectivity index (χ3v) is 2.34. The Labute approximate surface area is 95.5 Å². The molecule has 4 nitrogen and oxygen atoms in total. The number of benzene rings is 1. The number of hydrogen-bond donors (Lipinski definition) is 1. The molecule has 0 radical (unpaired) electrons. The molecule has 0 aromatic heterocycles. The molecule has 1 aromatic carbocycles. The van der Waals surface area contributed by atoms with Gasteiger partial charge in [0, 0.05) is 6.54 Å². The Morgan fingerprint density at radius 3 is 2.81 bits per heavy atom. The number of likely N-dealkylation sites (N-methyl/N-ethyl adjacent to an activating group) is 1. The molecule has 1 rings (SSSR count). The first-order valence-electron chi connectivity index (χ1n) is 5.22. The van der Waals surface area contributed by atoms with Crippen molar-refractivity contribution in [1.29, 1.82) is 0 Å². The van der Waals surface area contributed by atoms with Crippen LogP contribution in [0, 0.1) is 0 Å². The number of methoxy groups -OCH3 is 1. The Morgan fingerprint density at radius 2 is 2.25 bits per heavy atom. The molecular weight excluding hydrogens is 206 g/mol. The Balaban J connectivity index is 2.59. The minimum Gasteiger partial charge on any atom is -0.508 e. The number of rotatable bonds is 5. The molecule has 0 heterocycles. The second kappa shape index (κ2) is 6.12. The Hall–Kier alpha value is -1.55. The summed E-state index contributed by atoms with van der Waals surface area (Å²) in [7, 11) is 1.38. The lowest BCUT2D eigenvalue weighted by molar-refractivity contribution is -0.142. The van der Waals surface area contributed by atoms with Crippen molar-refractivity contribution in [1.82, 2.24) is 4.90 Å². The maximum atomic E-state index is 11.1. The summed E-state index contributed by atoms with van der Waals surface area (Å²) in [6, 6.07) is 7.02. The van der Waals surface area contributed by atoms with Crippen molar-refractivity contribution in [2.75, 3.05) is 20.2 Å². The van der Waals surface area contributed by atoms with Gasteiger partial charge in [-0.3, -0.25) is 9.69 Å². The van der Waals surface area contributed by atoms with Crippen LogP contribution in [0.4, 0.5) is 0 Å². The molecule has 0 amide bonds. The maximum absolute atomic E-state index is 11.1. The van der Waals surface area contributed by atoms with Gasteiger partial charge in [0.25, 0.3) is 0 Å². The lowest BCUT2D eigenvalue weighted by Crippen LogP contribution is -2.29. The van der Waals surface area contributed by atoms with Crippen molar-refractivity contribution >= 4 is 5.97 Å². The number of phenolic OH excluding ortho intramolecular Hbond substituents is 1. The zero-order valence-corrected chi connectivity index (χ0v) is 9.64. The zero-order chi connectivity index (χ0) is 12.0. The first kappa shape index (κ1) is 12.5. The summed E-state index contributed by atoms with van der Waals surface area (Å²) in [5.41, 5.74) is 0.978. The van der Waals surface area contributed by atoms with E-state index in [0.29, 0.717) is 6.54 Å². The standard InChI is InChI=1S/C12H17NO3/c1-3-13(9-12(15)16-2)8-10-5-4-6-11(14)7-10/h4-7,14H,3,8-9H2,1-2H3. The average molecular weight is 223 g/mol. The van der Waals surface area contributed by atoms with Crippen LogP contribution in [0.3, 0.4) is 0 Å². The van der Waals surface area contributed by atoms with E-state index in [1.54, 1.807) is 18.2 Å². The van der Waals surface area contributed by atoms with E-state index in [9.17, 15) is 9.90 Å². The average Bonchev–Trinajstić information content (AvgIpc) is 2.28. The quantitative estimate of drug-likeness (QED) is 0.766. The van der Waals surface area contributed by atoms with E-state index in [1.807, 2.05) is 17.9 Å². The molecule has 0 aliphatic heterocycles. The van der Waals surface area contributed by atoms with Crippen LogP contribution >= 0.6 is 0 Å². The van der Waals surface area contributed by atoms with E-state index in [1.165, 1.54) is 7.11 Å². The largest absolute Gasteiger partial charge is 0.508 e. The van der Waals surface area contributed by atoms with Crippen LogP contribution in [0.1, 0.15) is 12.5 Å². The highest BCUT2D eigenvalue weighted by Crippen LogP contribution is 2.12. The SMILES string of the molecule is CCN(CC(=O)OC)Cc1cccc(O)c1. The maximum Gasteiger partial charge on any atom is 0.319 e. The molecule has 0 aliphatic rings. The first-order valence-corrected chi connectivity index (χ1v) is 5.22. The molecule has 0 saturated heterocycles. The summed E-state index contributed by atoms with van der Waals surface area (Å²) in [6.07, 6.45) is 0. The number of carbonyl (C=O) groups is 1. The lowest BCUT2D eigenvalue weighted by atomic mass is 10.2. The predicted molar refractivity (Wildman–Crippen MR) is 61.1 cm³/mol. The molecule has 0 bridgehead atoms. The number of esters is 1. The van der Waals surface area contributed by atoms with Gasteiger partial charge < -0.3 is 9.84 Å². The van der Waals surface area contributed by atoms with E-state index in [-0.39, 0.29) is 18.3 Å². The summed E-state index contributed by atoms with van der Waals surface area (Å²) in [4.78, 5) is 13.1. The number of carbonyl (C=O) groups excluding carboxylic acids is 1. The number of aromatic hydroxyl groups is 1. The van der Waals surface area contributed by atoms with Crippen molar-refractivity contribution in [2.45, 2.75) is 13.5 Å². The number of ether oxygens (including phenoxy) is 1. The van der Waals surface area contributed by atoms with Gasteiger partial charge in [0.2, 0.25) is 0 Å². The van der Waals surface area contributed by atoms with Crippen LogP contribution < -0.4 is 0 Å². The van der Waals surface area contributed by atoms with E-state index < -0.39 is 0 Å². The summed E-state index contributed by atoms with van der Waals surface area (Å²) in [5.74, 6) is -0.00590. The van der Waals surface area contributed by atoms with Gasteiger partial charge in [0.05, 0.1) is 13.7 Å². The topological polar surface area (TPSA) is 49.8 Å². The monoisotopic (exact) mass is 223 g/mol.